The predicted octanol–water partition coefficient (Wildman–Crippen LogP) is 5.20. The number of H-pyrrole nitrogens is 1. The Labute approximate surface area is 176 Å². The van der Waals surface area contributed by atoms with E-state index in [1.54, 1.807) is 0 Å². The Bertz CT molecular complexity index is 1200. The van der Waals surface area contributed by atoms with E-state index in [2.05, 4.69) is 47.4 Å². The summed E-state index contributed by atoms with van der Waals surface area (Å²) in [5.41, 5.74) is 13.4. The van der Waals surface area contributed by atoms with E-state index in [0.717, 1.165) is 53.8 Å². The van der Waals surface area contributed by atoms with Crippen molar-refractivity contribution in [3.8, 4) is 22.4 Å². The van der Waals surface area contributed by atoms with Crippen LogP contribution in [0.1, 0.15) is 28.8 Å². The monoisotopic (exact) mass is 395 g/mol. The van der Waals surface area contributed by atoms with Crippen LogP contribution in [0.3, 0.4) is 0 Å². The maximum atomic E-state index is 12.6. The molecule has 1 fully saturated rings. The number of carbonyl (C=O) groups excluding carboxylic acids is 1. The van der Waals surface area contributed by atoms with Crippen LogP contribution in [0.4, 0.5) is 0 Å². The number of hydrogen-bond donors (Lipinski definition) is 2. The highest BCUT2D eigenvalue weighted by atomic mass is 16.2. The number of aromatic amines is 1. The Morgan fingerprint density at radius 3 is 2.40 bits per heavy atom. The molecule has 1 saturated heterocycles. The van der Waals surface area contributed by atoms with E-state index in [9.17, 15) is 4.79 Å². The van der Waals surface area contributed by atoms with Gasteiger partial charge in [0, 0.05) is 41.8 Å². The number of hydrogen-bond acceptors (Lipinski definition) is 2. The standard InChI is InChI=1S/C26H25N3O/c27-17-20-6-1-2-7-21(20)22-8-5-9-24-23(22)16-25(28-24)18-10-12-19(13-11-18)26(30)29-14-3-4-15-29/h1-2,5-13,16,28H,3-4,14-15,17,27H2. The molecule has 4 aromatic rings. The van der Waals surface area contributed by atoms with Crippen molar-refractivity contribution in [3.05, 3.63) is 83.9 Å². The van der Waals surface area contributed by atoms with Gasteiger partial charge in [-0.1, -0.05) is 48.5 Å². The molecule has 0 spiro atoms. The third kappa shape index (κ3) is 3.29. The number of rotatable bonds is 4. The molecular formula is C26H25N3O. The van der Waals surface area contributed by atoms with Crippen molar-refractivity contribution in [1.29, 1.82) is 0 Å². The zero-order valence-corrected chi connectivity index (χ0v) is 16.9. The van der Waals surface area contributed by atoms with Crippen LogP contribution in [0.2, 0.25) is 0 Å². The summed E-state index contributed by atoms with van der Waals surface area (Å²) >= 11 is 0. The minimum Gasteiger partial charge on any atom is -0.355 e. The van der Waals surface area contributed by atoms with Gasteiger partial charge in [0.15, 0.2) is 0 Å². The second-order valence-electron chi connectivity index (χ2n) is 7.89. The van der Waals surface area contributed by atoms with Gasteiger partial charge < -0.3 is 15.6 Å². The fourth-order valence-corrected chi connectivity index (χ4v) is 4.40. The molecule has 3 aromatic carbocycles. The smallest absolute Gasteiger partial charge is 0.253 e. The average molecular weight is 396 g/mol. The molecule has 1 amide bonds. The number of nitrogens with one attached hydrogen (secondary N) is 1. The molecule has 0 aliphatic carbocycles. The lowest BCUT2D eigenvalue weighted by Gasteiger charge is -2.15. The van der Waals surface area contributed by atoms with Gasteiger partial charge >= 0.3 is 0 Å². The first-order chi connectivity index (χ1) is 14.7. The lowest BCUT2D eigenvalue weighted by Crippen LogP contribution is -2.27. The summed E-state index contributed by atoms with van der Waals surface area (Å²) in [4.78, 5) is 18.1. The molecule has 3 N–H and O–H groups in total. The van der Waals surface area contributed by atoms with Gasteiger partial charge in [-0.2, -0.15) is 0 Å². The zero-order chi connectivity index (χ0) is 20.5. The summed E-state index contributed by atoms with van der Waals surface area (Å²) in [6, 6.07) is 24.7. The first-order valence-corrected chi connectivity index (χ1v) is 10.5. The number of benzene rings is 3. The molecule has 0 radical (unpaired) electrons. The van der Waals surface area contributed by atoms with E-state index >= 15 is 0 Å². The fourth-order valence-electron chi connectivity index (χ4n) is 4.40. The highest BCUT2D eigenvalue weighted by Gasteiger charge is 2.19. The van der Waals surface area contributed by atoms with E-state index in [-0.39, 0.29) is 5.91 Å². The second kappa shape index (κ2) is 7.81. The molecule has 2 heterocycles. The summed E-state index contributed by atoms with van der Waals surface area (Å²) in [7, 11) is 0. The number of carbonyl (C=O) groups is 1. The van der Waals surface area contributed by atoms with Crippen LogP contribution in [0.5, 0.6) is 0 Å². The molecule has 4 nitrogen and oxygen atoms in total. The normalized spacial score (nSPS) is 13.8. The predicted molar refractivity (Wildman–Crippen MR) is 122 cm³/mol. The maximum absolute atomic E-state index is 12.6. The van der Waals surface area contributed by atoms with E-state index in [1.807, 2.05) is 35.2 Å². The fraction of sp³-hybridized carbons (Fsp3) is 0.192. The summed E-state index contributed by atoms with van der Waals surface area (Å²) in [5.74, 6) is 0.136. The Morgan fingerprint density at radius 2 is 1.63 bits per heavy atom. The van der Waals surface area contributed by atoms with Crippen molar-refractivity contribution in [1.82, 2.24) is 9.88 Å². The molecule has 30 heavy (non-hydrogen) atoms. The quantitative estimate of drug-likeness (QED) is 0.499. The molecular weight excluding hydrogens is 370 g/mol. The third-order valence-corrected chi connectivity index (χ3v) is 6.03. The molecule has 0 bridgehead atoms. The van der Waals surface area contributed by atoms with E-state index in [4.69, 9.17) is 5.73 Å². The number of amides is 1. The van der Waals surface area contributed by atoms with Gasteiger partial charge in [0.05, 0.1) is 0 Å². The molecule has 4 heteroatoms. The van der Waals surface area contributed by atoms with Crippen molar-refractivity contribution < 1.29 is 4.79 Å². The Morgan fingerprint density at radius 1 is 0.900 bits per heavy atom. The zero-order valence-electron chi connectivity index (χ0n) is 16.9. The molecule has 1 aliphatic rings. The number of nitrogens with zero attached hydrogens (tertiary/aromatic N) is 1. The lowest BCUT2D eigenvalue weighted by atomic mass is 9.96. The molecule has 150 valence electrons. The molecule has 0 saturated carbocycles. The number of fused-ring (bicyclic) bond motifs is 1. The van der Waals surface area contributed by atoms with Gasteiger partial charge in [-0.05, 0) is 59.4 Å². The van der Waals surface area contributed by atoms with Gasteiger partial charge in [0.2, 0.25) is 0 Å². The van der Waals surface area contributed by atoms with Crippen molar-refractivity contribution >= 4 is 16.8 Å². The van der Waals surface area contributed by atoms with Crippen LogP contribution in [0, 0.1) is 0 Å². The Kier molecular flexibility index (Phi) is 4.85. The minimum atomic E-state index is 0.136. The van der Waals surface area contributed by atoms with Crippen LogP contribution in [0.15, 0.2) is 72.8 Å². The number of likely N-dealkylation sites (tertiary alicyclic amines) is 1. The van der Waals surface area contributed by atoms with Gasteiger partial charge in [-0.3, -0.25) is 4.79 Å². The summed E-state index contributed by atoms with van der Waals surface area (Å²) < 4.78 is 0. The van der Waals surface area contributed by atoms with E-state index < -0.39 is 0 Å². The highest BCUT2D eigenvalue weighted by molar-refractivity contribution is 5.99. The van der Waals surface area contributed by atoms with Gasteiger partial charge in [0.1, 0.15) is 0 Å². The van der Waals surface area contributed by atoms with Crippen molar-refractivity contribution in [2.75, 3.05) is 13.1 Å². The first kappa shape index (κ1) is 18.6. The summed E-state index contributed by atoms with van der Waals surface area (Å²) in [6.45, 7) is 2.25. The molecule has 0 atom stereocenters. The van der Waals surface area contributed by atoms with Gasteiger partial charge in [0.25, 0.3) is 5.91 Å². The van der Waals surface area contributed by atoms with Crippen LogP contribution in [-0.4, -0.2) is 28.9 Å². The van der Waals surface area contributed by atoms with Gasteiger partial charge in [-0.25, -0.2) is 0 Å². The summed E-state index contributed by atoms with van der Waals surface area (Å²) in [5, 5.41) is 1.17. The van der Waals surface area contributed by atoms with Crippen molar-refractivity contribution in [2.24, 2.45) is 5.73 Å². The second-order valence-corrected chi connectivity index (χ2v) is 7.89. The van der Waals surface area contributed by atoms with E-state index in [0.29, 0.717) is 6.54 Å². The molecule has 5 rings (SSSR count). The van der Waals surface area contributed by atoms with Crippen LogP contribution in [-0.2, 0) is 6.54 Å². The Balaban J connectivity index is 1.51. The SMILES string of the molecule is NCc1ccccc1-c1cccc2[nH]c(-c3ccc(C(=O)N4CCCC4)cc3)cc12. The molecule has 1 aliphatic heterocycles. The average Bonchev–Trinajstić information content (AvgIpc) is 3.48. The van der Waals surface area contributed by atoms with Crippen LogP contribution in [0.25, 0.3) is 33.3 Å². The van der Waals surface area contributed by atoms with Gasteiger partial charge in [-0.15, -0.1) is 0 Å². The van der Waals surface area contributed by atoms with Crippen molar-refractivity contribution in [3.63, 3.8) is 0 Å². The third-order valence-electron chi connectivity index (χ3n) is 6.03. The van der Waals surface area contributed by atoms with Crippen molar-refractivity contribution in [2.45, 2.75) is 19.4 Å². The summed E-state index contributed by atoms with van der Waals surface area (Å²) in [6.07, 6.45) is 2.21. The molecule has 0 unspecified atom stereocenters. The minimum absolute atomic E-state index is 0.136. The first-order valence-electron chi connectivity index (χ1n) is 10.5. The Hall–Kier alpha value is -3.37. The van der Waals surface area contributed by atoms with Crippen LogP contribution >= 0.6 is 0 Å². The maximum Gasteiger partial charge on any atom is 0.253 e. The topological polar surface area (TPSA) is 62.1 Å². The van der Waals surface area contributed by atoms with Crippen LogP contribution < -0.4 is 5.73 Å². The van der Waals surface area contributed by atoms with E-state index in [1.165, 1.54) is 16.5 Å². The highest BCUT2D eigenvalue weighted by Crippen LogP contribution is 2.34. The lowest BCUT2D eigenvalue weighted by molar-refractivity contribution is 0.0793. The largest absolute Gasteiger partial charge is 0.355 e. The number of nitrogens with two attached hydrogens (primary N) is 1. The molecule has 1 aromatic heterocycles. The number of aromatic nitrogens is 1.